The number of halogens is 2. The van der Waals surface area contributed by atoms with Crippen molar-refractivity contribution in [2.24, 2.45) is 0 Å². The molecular weight excluding hydrogens is 211 g/mol. The highest BCUT2D eigenvalue weighted by molar-refractivity contribution is 6.32. The molecule has 1 aromatic heterocycles. The molecule has 0 aliphatic rings. The van der Waals surface area contributed by atoms with Gasteiger partial charge in [0.1, 0.15) is 0 Å². The summed E-state index contributed by atoms with van der Waals surface area (Å²) in [6.45, 7) is 4.28. The van der Waals surface area contributed by atoms with Crippen LogP contribution in [0, 0.1) is 0 Å². The van der Waals surface area contributed by atoms with Gasteiger partial charge in [-0.15, -0.1) is 16.8 Å². The molecule has 0 atom stereocenters. The van der Waals surface area contributed by atoms with Gasteiger partial charge in [-0.25, -0.2) is 0 Å². The molecule has 1 heterocycles. The van der Waals surface area contributed by atoms with E-state index in [0.717, 1.165) is 6.42 Å². The van der Waals surface area contributed by atoms with E-state index in [4.69, 9.17) is 23.2 Å². The van der Waals surface area contributed by atoms with Crippen molar-refractivity contribution >= 4 is 29.0 Å². The first-order valence-electron chi connectivity index (χ1n) is 3.64. The summed E-state index contributed by atoms with van der Waals surface area (Å²) in [5.74, 6) is 0.448. The lowest BCUT2D eigenvalue weighted by atomic mass is 10.4. The molecular formula is C7H8Cl2N4. The Morgan fingerprint density at radius 2 is 2.15 bits per heavy atom. The summed E-state index contributed by atoms with van der Waals surface area (Å²) < 4.78 is 0. The van der Waals surface area contributed by atoms with Crippen molar-refractivity contribution in [2.75, 3.05) is 11.9 Å². The first kappa shape index (κ1) is 10.2. The van der Waals surface area contributed by atoms with E-state index in [1.54, 1.807) is 6.08 Å². The molecule has 0 aliphatic heterocycles. The monoisotopic (exact) mass is 218 g/mol. The van der Waals surface area contributed by atoms with Crippen molar-refractivity contribution in [1.82, 2.24) is 15.2 Å². The number of hydrogen-bond donors (Lipinski definition) is 1. The first-order valence-corrected chi connectivity index (χ1v) is 4.40. The Morgan fingerprint density at radius 1 is 1.38 bits per heavy atom. The van der Waals surface area contributed by atoms with Crippen molar-refractivity contribution in [3.05, 3.63) is 23.1 Å². The quantitative estimate of drug-likeness (QED) is 0.622. The first-order chi connectivity index (χ1) is 6.24. The molecule has 0 spiro atoms. The Balaban J connectivity index is 2.64. The average Bonchev–Trinajstić information content (AvgIpc) is 2.11. The highest BCUT2D eigenvalue weighted by Gasteiger charge is 2.03. The topological polar surface area (TPSA) is 50.7 Å². The average molecular weight is 219 g/mol. The van der Waals surface area contributed by atoms with Crippen molar-refractivity contribution in [3.8, 4) is 0 Å². The number of nitrogens with one attached hydrogen (secondary N) is 1. The highest BCUT2D eigenvalue weighted by Crippen LogP contribution is 2.15. The van der Waals surface area contributed by atoms with Crippen LogP contribution in [0.25, 0.3) is 0 Å². The fourth-order valence-electron chi connectivity index (χ4n) is 0.698. The lowest BCUT2D eigenvalue weighted by molar-refractivity contribution is 0.953. The molecule has 0 saturated carbocycles. The zero-order valence-electron chi connectivity index (χ0n) is 6.80. The molecule has 4 nitrogen and oxygen atoms in total. The molecule has 1 rings (SSSR count). The molecule has 6 heteroatoms. The van der Waals surface area contributed by atoms with Crippen LogP contribution in [0.2, 0.25) is 10.4 Å². The van der Waals surface area contributed by atoms with Crippen LogP contribution < -0.4 is 5.32 Å². The van der Waals surface area contributed by atoms with Crippen LogP contribution in [-0.2, 0) is 0 Å². The van der Waals surface area contributed by atoms with Gasteiger partial charge in [0, 0.05) is 6.54 Å². The van der Waals surface area contributed by atoms with E-state index < -0.39 is 0 Å². The van der Waals surface area contributed by atoms with E-state index in [-0.39, 0.29) is 10.4 Å². The van der Waals surface area contributed by atoms with Crippen molar-refractivity contribution in [1.29, 1.82) is 0 Å². The molecule has 0 bridgehead atoms. The fourth-order valence-corrected chi connectivity index (χ4v) is 0.968. The zero-order valence-corrected chi connectivity index (χ0v) is 8.31. The van der Waals surface area contributed by atoms with Crippen LogP contribution in [0.1, 0.15) is 6.42 Å². The van der Waals surface area contributed by atoms with Gasteiger partial charge in [0.05, 0.1) is 0 Å². The minimum absolute atomic E-state index is 0.0745. The summed E-state index contributed by atoms with van der Waals surface area (Å²) in [4.78, 5) is 3.86. The third kappa shape index (κ3) is 3.16. The summed E-state index contributed by atoms with van der Waals surface area (Å²) >= 11 is 11.2. The van der Waals surface area contributed by atoms with Crippen molar-refractivity contribution in [2.45, 2.75) is 6.42 Å². The Bertz CT molecular complexity index is 303. The van der Waals surface area contributed by atoms with E-state index in [9.17, 15) is 0 Å². The summed E-state index contributed by atoms with van der Waals surface area (Å²) in [6, 6.07) is 0. The van der Waals surface area contributed by atoms with Crippen LogP contribution in [0.3, 0.4) is 0 Å². The third-order valence-electron chi connectivity index (χ3n) is 1.26. The van der Waals surface area contributed by atoms with Gasteiger partial charge in [-0.2, -0.15) is 4.98 Å². The number of hydrogen-bond acceptors (Lipinski definition) is 4. The maximum Gasteiger partial charge on any atom is 0.245 e. The normalized spacial score (nSPS) is 9.69. The maximum atomic E-state index is 5.69. The lowest BCUT2D eigenvalue weighted by Gasteiger charge is -2.03. The lowest BCUT2D eigenvalue weighted by Crippen LogP contribution is -2.04. The van der Waals surface area contributed by atoms with Gasteiger partial charge in [0.15, 0.2) is 11.0 Å². The molecule has 70 valence electrons. The molecule has 0 unspecified atom stereocenters. The predicted octanol–water partition coefficient (Wildman–Crippen LogP) is 2.17. The van der Waals surface area contributed by atoms with Crippen LogP contribution in [0.4, 0.5) is 5.82 Å². The standard InChI is InChI=1S/C7H8Cl2N4/c1-2-3-4-10-6-5(8)12-13-7(9)11-6/h2H,1,3-4H2,(H,10,11,13). The number of rotatable bonds is 4. The molecule has 0 aromatic carbocycles. The summed E-state index contributed by atoms with van der Waals surface area (Å²) in [7, 11) is 0. The van der Waals surface area contributed by atoms with E-state index >= 15 is 0 Å². The minimum atomic E-state index is 0.0745. The Labute approximate surface area is 86.0 Å². The van der Waals surface area contributed by atoms with Crippen molar-refractivity contribution in [3.63, 3.8) is 0 Å². The smallest absolute Gasteiger partial charge is 0.245 e. The molecule has 0 saturated heterocycles. The van der Waals surface area contributed by atoms with Gasteiger partial charge < -0.3 is 5.32 Å². The van der Waals surface area contributed by atoms with Crippen LogP contribution >= 0.6 is 23.2 Å². The van der Waals surface area contributed by atoms with Gasteiger partial charge in [0.25, 0.3) is 0 Å². The fraction of sp³-hybridized carbons (Fsp3) is 0.286. The predicted molar refractivity (Wildman–Crippen MR) is 53.2 cm³/mol. The minimum Gasteiger partial charge on any atom is -0.367 e. The maximum absolute atomic E-state index is 5.69. The highest BCUT2D eigenvalue weighted by atomic mass is 35.5. The number of nitrogens with zero attached hydrogens (tertiary/aromatic N) is 3. The molecule has 1 aromatic rings. The SMILES string of the molecule is C=CCCNc1nc(Cl)nnc1Cl. The largest absolute Gasteiger partial charge is 0.367 e. The van der Waals surface area contributed by atoms with Crippen molar-refractivity contribution < 1.29 is 0 Å². The molecule has 0 radical (unpaired) electrons. The van der Waals surface area contributed by atoms with E-state index in [1.165, 1.54) is 0 Å². The second-order valence-electron chi connectivity index (χ2n) is 2.22. The zero-order chi connectivity index (χ0) is 9.68. The van der Waals surface area contributed by atoms with Gasteiger partial charge in [-0.05, 0) is 18.0 Å². The molecule has 0 aliphatic carbocycles. The third-order valence-corrected chi connectivity index (χ3v) is 1.68. The molecule has 0 amide bonds. The Morgan fingerprint density at radius 3 is 2.85 bits per heavy atom. The van der Waals surface area contributed by atoms with E-state index in [0.29, 0.717) is 12.4 Å². The van der Waals surface area contributed by atoms with Crippen LogP contribution in [0.15, 0.2) is 12.7 Å². The van der Waals surface area contributed by atoms with Gasteiger partial charge >= 0.3 is 0 Å². The van der Waals surface area contributed by atoms with Crippen LogP contribution in [-0.4, -0.2) is 21.7 Å². The summed E-state index contributed by atoms with van der Waals surface area (Å²) in [5.41, 5.74) is 0. The second kappa shape index (κ2) is 4.99. The number of anilines is 1. The molecule has 0 fully saturated rings. The van der Waals surface area contributed by atoms with Gasteiger partial charge in [0.2, 0.25) is 5.28 Å². The van der Waals surface area contributed by atoms with E-state index in [2.05, 4.69) is 27.1 Å². The second-order valence-corrected chi connectivity index (χ2v) is 2.92. The Kier molecular flexibility index (Phi) is 3.92. The summed E-state index contributed by atoms with van der Waals surface area (Å²) in [6.07, 6.45) is 2.61. The summed E-state index contributed by atoms with van der Waals surface area (Å²) in [5, 5.41) is 10.3. The van der Waals surface area contributed by atoms with Gasteiger partial charge in [-0.3, -0.25) is 0 Å². The van der Waals surface area contributed by atoms with E-state index in [1.807, 2.05) is 0 Å². The molecule has 13 heavy (non-hydrogen) atoms. The number of aromatic nitrogens is 3. The Hall–Kier alpha value is -0.870. The molecule has 1 N–H and O–H groups in total. The van der Waals surface area contributed by atoms with Crippen LogP contribution in [0.5, 0.6) is 0 Å². The van der Waals surface area contributed by atoms with Gasteiger partial charge in [-0.1, -0.05) is 17.7 Å².